The molecule has 170 valence electrons. The molecule has 0 aromatic heterocycles. The number of esters is 2. The van der Waals surface area contributed by atoms with Gasteiger partial charge in [-0.15, -0.1) is 0 Å². The van der Waals surface area contributed by atoms with Crippen LogP contribution in [0.5, 0.6) is 0 Å². The lowest BCUT2D eigenvalue weighted by Crippen LogP contribution is -2.17. The Morgan fingerprint density at radius 2 is 0.844 bits per heavy atom. The first-order valence-electron chi connectivity index (χ1n) is 9.56. The van der Waals surface area contributed by atoms with E-state index in [-0.39, 0.29) is 61.9 Å². The van der Waals surface area contributed by atoms with E-state index in [4.69, 9.17) is 29.2 Å². The quantitative estimate of drug-likeness (QED) is 0.346. The maximum Gasteiger partial charge on any atom is 0.339 e. The molecule has 0 fully saturated rings. The van der Waals surface area contributed by atoms with Crippen LogP contribution < -0.4 is 0 Å². The van der Waals surface area contributed by atoms with Crippen LogP contribution in [0.3, 0.4) is 0 Å². The molecule has 0 amide bonds. The average molecular weight is 446 g/mol. The Morgan fingerprint density at radius 3 is 1.19 bits per heavy atom. The second-order valence-corrected chi connectivity index (χ2v) is 6.20. The Balaban J connectivity index is 1.55. The van der Waals surface area contributed by atoms with E-state index >= 15 is 0 Å². The Morgan fingerprint density at radius 1 is 0.531 bits per heavy atom. The van der Waals surface area contributed by atoms with Gasteiger partial charge in [-0.3, -0.25) is 0 Å². The van der Waals surface area contributed by atoms with Crippen LogP contribution in [0, 0.1) is 0 Å². The molecular weight excluding hydrogens is 424 g/mol. The second kappa shape index (κ2) is 12.8. The molecule has 0 saturated carbocycles. The van der Waals surface area contributed by atoms with Gasteiger partial charge in [0.05, 0.1) is 48.7 Å². The molecule has 0 aliphatic rings. The molecule has 0 unspecified atom stereocenters. The molecule has 0 aliphatic carbocycles. The van der Waals surface area contributed by atoms with E-state index in [1.165, 1.54) is 36.4 Å². The van der Waals surface area contributed by atoms with Gasteiger partial charge in [0.2, 0.25) is 0 Å². The minimum absolute atomic E-state index is 0.0381. The molecule has 0 atom stereocenters. The average Bonchev–Trinajstić information content (AvgIpc) is 2.79. The van der Waals surface area contributed by atoms with Crippen LogP contribution in [0.2, 0.25) is 0 Å². The molecule has 0 radical (unpaired) electrons. The Kier molecular flexibility index (Phi) is 9.82. The van der Waals surface area contributed by atoms with Crippen molar-refractivity contribution in [3.8, 4) is 0 Å². The standard InChI is InChI=1S/C22H22O10/c23-19(24)15-5-1-3-7-17(15)21(27)31-13-11-29-9-10-30-12-14-32-22(28)18-8-4-2-6-16(18)20(25)26/h1-8H,9-14H2,(H,23,24)(H,25,26). The lowest BCUT2D eigenvalue weighted by molar-refractivity contribution is 0.00220. The van der Waals surface area contributed by atoms with Crippen molar-refractivity contribution in [3.05, 3.63) is 70.8 Å². The van der Waals surface area contributed by atoms with E-state index in [1.807, 2.05) is 0 Å². The van der Waals surface area contributed by atoms with Gasteiger partial charge in [0.15, 0.2) is 0 Å². The summed E-state index contributed by atoms with van der Waals surface area (Å²) in [5.74, 6) is -3.95. The number of carbonyl (C=O) groups excluding carboxylic acids is 2. The van der Waals surface area contributed by atoms with Crippen molar-refractivity contribution in [1.82, 2.24) is 0 Å². The van der Waals surface area contributed by atoms with E-state index in [0.29, 0.717) is 0 Å². The molecule has 10 nitrogen and oxygen atoms in total. The van der Waals surface area contributed by atoms with Crippen LogP contribution in [-0.4, -0.2) is 73.7 Å². The zero-order valence-corrected chi connectivity index (χ0v) is 17.0. The summed E-state index contributed by atoms with van der Waals surface area (Å²) in [6.45, 7) is 0.440. The number of ether oxygens (including phenoxy) is 4. The predicted molar refractivity (Wildman–Crippen MR) is 109 cm³/mol. The number of carboxylic acids is 2. The van der Waals surface area contributed by atoms with E-state index in [0.717, 1.165) is 0 Å². The molecule has 0 saturated heterocycles. The maximum atomic E-state index is 12.0. The highest BCUT2D eigenvalue weighted by Crippen LogP contribution is 2.11. The van der Waals surface area contributed by atoms with E-state index in [9.17, 15) is 19.2 Å². The van der Waals surface area contributed by atoms with Crippen LogP contribution in [0.25, 0.3) is 0 Å². The lowest BCUT2D eigenvalue weighted by atomic mass is 10.1. The molecule has 10 heteroatoms. The fraction of sp³-hybridized carbons (Fsp3) is 0.273. The number of hydrogen-bond acceptors (Lipinski definition) is 8. The minimum atomic E-state index is -1.22. The monoisotopic (exact) mass is 446 g/mol. The van der Waals surface area contributed by atoms with Crippen molar-refractivity contribution in [1.29, 1.82) is 0 Å². The minimum Gasteiger partial charge on any atom is -0.478 e. The number of benzene rings is 2. The van der Waals surface area contributed by atoms with Gasteiger partial charge in [0.25, 0.3) is 0 Å². The molecule has 2 aromatic carbocycles. The summed E-state index contributed by atoms with van der Waals surface area (Å²) in [6.07, 6.45) is 0. The van der Waals surface area contributed by atoms with E-state index < -0.39 is 23.9 Å². The first kappa shape index (κ1) is 24.5. The van der Waals surface area contributed by atoms with Gasteiger partial charge in [0, 0.05) is 0 Å². The molecule has 0 aliphatic heterocycles. The fourth-order valence-corrected chi connectivity index (χ4v) is 2.56. The van der Waals surface area contributed by atoms with Crippen LogP contribution in [-0.2, 0) is 18.9 Å². The van der Waals surface area contributed by atoms with Crippen LogP contribution in [0.4, 0.5) is 0 Å². The highest BCUT2D eigenvalue weighted by Gasteiger charge is 2.17. The number of hydrogen-bond donors (Lipinski definition) is 2. The maximum absolute atomic E-state index is 12.0. The summed E-state index contributed by atoms with van der Waals surface area (Å²) in [7, 11) is 0. The van der Waals surface area contributed by atoms with Gasteiger partial charge in [-0.05, 0) is 24.3 Å². The van der Waals surface area contributed by atoms with E-state index in [1.54, 1.807) is 12.1 Å². The van der Waals surface area contributed by atoms with Crippen molar-refractivity contribution in [2.75, 3.05) is 39.6 Å². The van der Waals surface area contributed by atoms with Gasteiger partial charge in [-0.1, -0.05) is 24.3 Å². The topological polar surface area (TPSA) is 146 Å². The molecule has 32 heavy (non-hydrogen) atoms. The number of carbonyl (C=O) groups is 4. The highest BCUT2D eigenvalue weighted by atomic mass is 16.6. The summed E-state index contributed by atoms with van der Waals surface area (Å²) < 4.78 is 20.5. The van der Waals surface area contributed by atoms with Crippen LogP contribution in [0.1, 0.15) is 41.4 Å². The molecule has 2 aromatic rings. The molecule has 2 rings (SSSR count). The number of rotatable bonds is 13. The first-order chi connectivity index (χ1) is 15.4. The van der Waals surface area contributed by atoms with Crippen molar-refractivity contribution in [2.45, 2.75) is 0 Å². The molecule has 0 spiro atoms. The molecule has 0 bridgehead atoms. The third-order valence-electron chi connectivity index (χ3n) is 4.05. The van der Waals surface area contributed by atoms with Gasteiger partial charge >= 0.3 is 23.9 Å². The van der Waals surface area contributed by atoms with Crippen LogP contribution in [0.15, 0.2) is 48.5 Å². The van der Waals surface area contributed by atoms with Gasteiger partial charge in [0.1, 0.15) is 13.2 Å². The van der Waals surface area contributed by atoms with Crippen molar-refractivity contribution < 1.29 is 48.3 Å². The van der Waals surface area contributed by atoms with Gasteiger partial charge in [-0.25, -0.2) is 19.2 Å². The second-order valence-electron chi connectivity index (χ2n) is 6.20. The largest absolute Gasteiger partial charge is 0.478 e. The van der Waals surface area contributed by atoms with E-state index in [2.05, 4.69) is 0 Å². The fourth-order valence-electron chi connectivity index (χ4n) is 2.56. The summed E-state index contributed by atoms with van der Waals surface area (Å²) in [6, 6.07) is 11.5. The molecular formula is C22H22O10. The molecule has 0 heterocycles. The van der Waals surface area contributed by atoms with Crippen LogP contribution >= 0.6 is 0 Å². The van der Waals surface area contributed by atoms with Crippen molar-refractivity contribution >= 4 is 23.9 Å². The third-order valence-corrected chi connectivity index (χ3v) is 4.05. The SMILES string of the molecule is O=C(O)c1ccccc1C(=O)OCCOCCOCCOC(=O)c1ccccc1C(=O)O. The number of carboxylic acid groups (broad SMARTS) is 2. The predicted octanol–water partition coefficient (Wildman–Crippen LogP) is 2.13. The zero-order chi connectivity index (χ0) is 23.3. The highest BCUT2D eigenvalue weighted by molar-refractivity contribution is 6.03. The molecule has 2 N–H and O–H groups in total. The smallest absolute Gasteiger partial charge is 0.339 e. The lowest BCUT2D eigenvalue weighted by Gasteiger charge is -2.09. The Bertz CT molecular complexity index is 876. The third kappa shape index (κ3) is 7.49. The summed E-state index contributed by atoms with van der Waals surface area (Å²) in [4.78, 5) is 46.1. The Labute approximate surface area is 183 Å². The summed E-state index contributed by atoms with van der Waals surface area (Å²) in [5, 5.41) is 18.1. The Hall–Kier alpha value is -3.76. The first-order valence-corrected chi connectivity index (χ1v) is 9.56. The van der Waals surface area contributed by atoms with Crippen molar-refractivity contribution in [3.63, 3.8) is 0 Å². The summed E-state index contributed by atoms with van der Waals surface area (Å²) >= 11 is 0. The van der Waals surface area contributed by atoms with Gasteiger partial charge in [-0.2, -0.15) is 0 Å². The summed E-state index contributed by atoms with van der Waals surface area (Å²) in [5.41, 5.74) is -0.356. The number of aromatic carboxylic acids is 2. The normalized spacial score (nSPS) is 10.4. The zero-order valence-electron chi connectivity index (χ0n) is 17.0. The van der Waals surface area contributed by atoms with Crippen molar-refractivity contribution in [2.24, 2.45) is 0 Å². The van der Waals surface area contributed by atoms with Gasteiger partial charge < -0.3 is 29.2 Å².